The van der Waals surface area contributed by atoms with Crippen molar-refractivity contribution in [2.75, 3.05) is 7.05 Å². The van der Waals surface area contributed by atoms with Gasteiger partial charge in [-0.2, -0.15) is 0 Å². The maximum Gasteiger partial charge on any atom is 0.312 e. The van der Waals surface area contributed by atoms with Crippen molar-refractivity contribution in [2.24, 2.45) is 5.73 Å². The van der Waals surface area contributed by atoms with E-state index in [0.29, 0.717) is 18.7 Å². The lowest BCUT2D eigenvalue weighted by molar-refractivity contribution is 0.0785. The second-order valence-corrected chi connectivity index (χ2v) is 6.64. The highest BCUT2D eigenvalue weighted by Crippen LogP contribution is 2.20. The van der Waals surface area contributed by atoms with E-state index >= 15 is 0 Å². The van der Waals surface area contributed by atoms with Crippen molar-refractivity contribution in [2.45, 2.75) is 13.1 Å². The Morgan fingerprint density at radius 1 is 0.821 bits per heavy atom. The SMILES string of the molecule is CN(Cc1ccc(-c2ccccc2)cc1)C(=O)c1ccc(CNC(N)=O)cc1. The molecule has 0 spiro atoms. The van der Waals surface area contributed by atoms with Gasteiger partial charge in [0.15, 0.2) is 0 Å². The highest BCUT2D eigenvalue weighted by atomic mass is 16.2. The third kappa shape index (κ3) is 4.98. The van der Waals surface area contributed by atoms with E-state index in [1.54, 1.807) is 24.1 Å². The van der Waals surface area contributed by atoms with Crippen LogP contribution in [0, 0.1) is 0 Å². The summed E-state index contributed by atoms with van der Waals surface area (Å²) in [6.07, 6.45) is 0. The van der Waals surface area contributed by atoms with Crippen molar-refractivity contribution >= 4 is 11.9 Å². The van der Waals surface area contributed by atoms with E-state index in [1.807, 2.05) is 42.5 Å². The molecule has 0 saturated heterocycles. The predicted molar refractivity (Wildman–Crippen MR) is 111 cm³/mol. The first-order valence-corrected chi connectivity index (χ1v) is 9.05. The summed E-state index contributed by atoms with van der Waals surface area (Å²) in [6, 6.07) is 25.0. The lowest BCUT2D eigenvalue weighted by Crippen LogP contribution is -2.28. The fraction of sp³-hybridized carbons (Fsp3) is 0.130. The standard InChI is InChI=1S/C23H23N3O2/c1-26(22(27)21-13-7-17(8-14-21)15-25-23(24)28)16-18-9-11-20(12-10-18)19-5-3-2-4-6-19/h2-14H,15-16H2,1H3,(H3,24,25,28). The van der Waals surface area contributed by atoms with Gasteiger partial charge in [0.1, 0.15) is 0 Å². The number of hydrogen-bond donors (Lipinski definition) is 2. The predicted octanol–water partition coefficient (Wildman–Crippen LogP) is 3.79. The number of benzene rings is 3. The van der Waals surface area contributed by atoms with Gasteiger partial charge in [-0.25, -0.2) is 4.79 Å². The number of nitrogens with zero attached hydrogens (tertiary/aromatic N) is 1. The fourth-order valence-corrected chi connectivity index (χ4v) is 2.95. The second kappa shape index (κ2) is 8.86. The molecule has 5 heteroatoms. The molecule has 0 atom stereocenters. The molecule has 0 heterocycles. The minimum Gasteiger partial charge on any atom is -0.352 e. The van der Waals surface area contributed by atoms with Gasteiger partial charge in [-0.05, 0) is 34.4 Å². The van der Waals surface area contributed by atoms with Crippen LogP contribution in [0.5, 0.6) is 0 Å². The molecule has 0 aromatic heterocycles. The molecule has 0 fully saturated rings. The van der Waals surface area contributed by atoms with Gasteiger partial charge in [0.2, 0.25) is 0 Å². The number of nitrogens with one attached hydrogen (secondary N) is 1. The molecular formula is C23H23N3O2. The van der Waals surface area contributed by atoms with Crippen LogP contribution >= 0.6 is 0 Å². The highest BCUT2D eigenvalue weighted by molar-refractivity contribution is 5.94. The van der Waals surface area contributed by atoms with E-state index in [4.69, 9.17) is 5.73 Å². The zero-order valence-corrected chi connectivity index (χ0v) is 15.8. The molecule has 0 aliphatic rings. The largest absolute Gasteiger partial charge is 0.352 e. The van der Waals surface area contributed by atoms with Crippen LogP contribution in [0.2, 0.25) is 0 Å². The van der Waals surface area contributed by atoms with Gasteiger partial charge in [0.25, 0.3) is 5.91 Å². The van der Waals surface area contributed by atoms with Crippen LogP contribution in [-0.2, 0) is 13.1 Å². The van der Waals surface area contributed by atoms with Gasteiger partial charge >= 0.3 is 6.03 Å². The molecule has 3 rings (SSSR count). The topological polar surface area (TPSA) is 75.4 Å². The summed E-state index contributed by atoms with van der Waals surface area (Å²) in [7, 11) is 1.79. The van der Waals surface area contributed by atoms with Crippen molar-refractivity contribution in [3.8, 4) is 11.1 Å². The molecule has 0 unspecified atom stereocenters. The molecule has 3 N–H and O–H groups in total. The Morgan fingerprint density at radius 2 is 1.39 bits per heavy atom. The van der Waals surface area contributed by atoms with Gasteiger partial charge in [-0.15, -0.1) is 0 Å². The Morgan fingerprint density at radius 3 is 2.00 bits per heavy atom. The lowest BCUT2D eigenvalue weighted by Gasteiger charge is -2.18. The van der Waals surface area contributed by atoms with Gasteiger partial charge in [-0.1, -0.05) is 66.7 Å². The summed E-state index contributed by atoms with van der Waals surface area (Å²) in [5.41, 5.74) is 9.94. The van der Waals surface area contributed by atoms with E-state index in [2.05, 4.69) is 29.6 Å². The number of urea groups is 1. The van der Waals surface area contributed by atoms with Crippen LogP contribution < -0.4 is 11.1 Å². The summed E-state index contributed by atoms with van der Waals surface area (Å²) in [5, 5.41) is 2.53. The first kappa shape index (κ1) is 19.2. The smallest absolute Gasteiger partial charge is 0.312 e. The Bertz CT molecular complexity index is 936. The maximum absolute atomic E-state index is 12.7. The first-order chi connectivity index (χ1) is 13.5. The van der Waals surface area contributed by atoms with Crippen molar-refractivity contribution in [1.29, 1.82) is 0 Å². The fourth-order valence-electron chi connectivity index (χ4n) is 2.95. The number of primary amides is 1. The van der Waals surface area contributed by atoms with E-state index < -0.39 is 6.03 Å². The molecule has 28 heavy (non-hydrogen) atoms. The molecule has 0 aliphatic heterocycles. The first-order valence-electron chi connectivity index (χ1n) is 9.05. The van der Waals surface area contributed by atoms with E-state index in [-0.39, 0.29) is 5.91 Å². The Labute approximate surface area is 164 Å². The van der Waals surface area contributed by atoms with Crippen molar-refractivity contribution in [3.05, 3.63) is 95.6 Å². The Kier molecular flexibility index (Phi) is 6.07. The second-order valence-electron chi connectivity index (χ2n) is 6.64. The van der Waals surface area contributed by atoms with Gasteiger partial charge in [-0.3, -0.25) is 4.79 Å². The van der Waals surface area contributed by atoms with Crippen LogP contribution in [0.4, 0.5) is 4.79 Å². The average Bonchev–Trinajstić information content (AvgIpc) is 2.73. The number of carbonyl (C=O) groups is 2. The summed E-state index contributed by atoms with van der Waals surface area (Å²) >= 11 is 0. The van der Waals surface area contributed by atoms with Crippen LogP contribution in [0.25, 0.3) is 11.1 Å². The third-order valence-electron chi connectivity index (χ3n) is 4.50. The lowest BCUT2D eigenvalue weighted by atomic mass is 10.0. The molecule has 142 valence electrons. The molecule has 0 bridgehead atoms. The van der Waals surface area contributed by atoms with Crippen LogP contribution in [0.15, 0.2) is 78.9 Å². The normalized spacial score (nSPS) is 10.3. The number of hydrogen-bond acceptors (Lipinski definition) is 2. The van der Waals surface area contributed by atoms with Crippen molar-refractivity contribution in [3.63, 3.8) is 0 Å². The number of rotatable bonds is 6. The van der Waals surface area contributed by atoms with Gasteiger partial charge in [0.05, 0.1) is 0 Å². The van der Waals surface area contributed by atoms with E-state index in [9.17, 15) is 9.59 Å². The third-order valence-corrected chi connectivity index (χ3v) is 4.50. The van der Waals surface area contributed by atoms with Crippen LogP contribution in [0.1, 0.15) is 21.5 Å². The number of carbonyl (C=O) groups excluding carboxylic acids is 2. The summed E-state index contributed by atoms with van der Waals surface area (Å²) < 4.78 is 0. The van der Waals surface area contributed by atoms with E-state index in [1.165, 1.54) is 5.56 Å². The molecule has 3 amide bonds. The number of amides is 3. The van der Waals surface area contributed by atoms with Crippen LogP contribution in [0.3, 0.4) is 0 Å². The zero-order chi connectivity index (χ0) is 19.9. The quantitative estimate of drug-likeness (QED) is 0.690. The minimum absolute atomic E-state index is 0.0541. The minimum atomic E-state index is -0.571. The molecule has 3 aromatic rings. The molecule has 5 nitrogen and oxygen atoms in total. The molecule has 0 aliphatic carbocycles. The molecular weight excluding hydrogens is 350 g/mol. The van der Waals surface area contributed by atoms with Gasteiger partial charge in [0, 0.05) is 25.7 Å². The summed E-state index contributed by atoms with van der Waals surface area (Å²) in [4.78, 5) is 25.1. The van der Waals surface area contributed by atoms with Crippen molar-refractivity contribution in [1.82, 2.24) is 10.2 Å². The van der Waals surface area contributed by atoms with Crippen molar-refractivity contribution < 1.29 is 9.59 Å². The Balaban J connectivity index is 1.61. The Hall–Kier alpha value is -3.60. The average molecular weight is 373 g/mol. The molecule has 0 saturated carbocycles. The van der Waals surface area contributed by atoms with Gasteiger partial charge < -0.3 is 16.0 Å². The molecule has 0 radical (unpaired) electrons. The number of nitrogens with two attached hydrogens (primary N) is 1. The zero-order valence-electron chi connectivity index (χ0n) is 15.8. The van der Waals surface area contributed by atoms with Crippen LogP contribution in [-0.4, -0.2) is 23.9 Å². The summed E-state index contributed by atoms with van der Waals surface area (Å²) in [6.45, 7) is 0.867. The monoisotopic (exact) mass is 373 g/mol. The highest BCUT2D eigenvalue weighted by Gasteiger charge is 2.12. The molecule has 3 aromatic carbocycles. The summed E-state index contributed by atoms with van der Waals surface area (Å²) in [5.74, 6) is -0.0541. The van der Waals surface area contributed by atoms with E-state index in [0.717, 1.165) is 16.7 Å². The maximum atomic E-state index is 12.7.